The van der Waals surface area contributed by atoms with Crippen LogP contribution in [0.5, 0.6) is 0 Å². The number of carboxylic acid groups (broad SMARTS) is 1. The van der Waals surface area contributed by atoms with E-state index in [1.165, 1.54) is 12.0 Å². The predicted molar refractivity (Wildman–Crippen MR) is 64.3 cm³/mol. The normalized spacial score (nSPS) is 24.3. The lowest BCUT2D eigenvalue weighted by molar-refractivity contribution is -0.152. The molecule has 104 valence electrons. The number of aliphatic carboxylic acids is 1. The zero-order valence-corrected chi connectivity index (χ0v) is 11.3. The molecule has 0 aromatic carbocycles. The molecule has 6 nitrogen and oxygen atoms in total. The highest BCUT2D eigenvalue weighted by molar-refractivity contribution is 5.85. The van der Waals surface area contributed by atoms with Gasteiger partial charge in [0.15, 0.2) is 0 Å². The van der Waals surface area contributed by atoms with E-state index >= 15 is 0 Å². The Labute approximate surface area is 107 Å². The smallest absolute Gasteiger partial charge is 0.326 e. The molecule has 1 aliphatic heterocycles. The van der Waals surface area contributed by atoms with Gasteiger partial charge in [0.1, 0.15) is 12.6 Å². The fourth-order valence-electron chi connectivity index (χ4n) is 1.84. The van der Waals surface area contributed by atoms with E-state index in [1.807, 2.05) is 20.8 Å². The molecule has 1 fully saturated rings. The molecule has 6 heteroatoms. The molecule has 2 atom stereocenters. The van der Waals surface area contributed by atoms with Crippen LogP contribution in [0.2, 0.25) is 0 Å². The average molecular weight is 259 g/mol. The number of hydrogen-bond acceptors (Lipinski definition) is 4. The Morgan fingerprint density at radius 2 is 2.00 bits per heavy atom. The van der Waals surface area contributed by atoms with Crippen LogP contribution in [0.25, 0.3) is 0 Å². The Hall–Kier alpha value is -1.14. The second-order valence-electron chi connectivity index (χ2n) is 5.39. The average Bonchev–Trinajstić information content (AvgIpc) is 2.69. The molecular formula is C12H21NO5. The lowest BCUT2D eigenvalue weighted by atomic mass is 10.2. The quantitative estimate of drug-likeness (QED) is 0.795. The van der Waals surface area contributed by atoms with Crippen LogP contribution >= 0.6 is 0 Å². The van der Waals surface area contributed by atoms with Gasteiger partial charge in [0.05, 0.1) is 11.7 Å². The molecule has 0 aromatic heterocycles. The van der Waals surface area contributed by atoms with Crippen molar-refractivity contribution in [2.45, 2.75) is 44.9 Å². The van der Waals surface area contributed by atoms with Crippen LogP contribution in [-0.4, -0.2) is 59.9 Å². The molecule has 0 aromatic rings. The third-order valence-corrected chi connectivity index (χ3v) is 2.83. The predicted octanol–water partition coefficient (Wildman–Crippen LogP) is 0.502. The van der Waals surface area contributed by atoms with Crippen molar-refractivity contribution < 1.29 is 24.2 Å². The summed E-state index contributed by atoms with van der Waals surface area (Å²) in [6.07, 6.45) is 0.109. The number of methoxy groups -OCH3 is 1. The second-order valence-corrected chi connectivity index (χ2v) is 5.39. The van der Waals surface area contributed by atoms with E-state index in [2.05, 4.69) is 0 Å². The van der Waals surface area contributed by atoms with Gasteiger partial charge in [-0.25, -0.2) is 4.79 Å². The highest BCUT2D eigenvalue weighted by Crippen LogP contribution is 2.21. The van der Waals surface area contributed by atoms with E-state index in [0.29, 0.717) is 13.0 Å². The Bertz CT molecular complexity index is 323. The van der Waals surface area contributed by atoms with Gasteiger partial charge in [-0.15, -0.1) is 0 Å². The number of ether oxygens (including phenoxy) is 2. The molecule has 0 radical (unpaired) electrons. The summed E-state index contributed by atoms with van der Waals surface area (Å²) in [5, 5.41) is 9.08. The van der Waals surface area contributed by atoms with Gasteiger partial charge in [0.2, 0.25) is 5.91 Å². The molecule has 1 amide bonds. The van der Waals surface area contributed by atoms with Crippen molar-refractivity contribution in [3.05, 3.63) is 0 Å². The highest BCUT2D eigenvalue weighted by atomic mass is 16.5. The third kappa shape index (κ3) is 3.96. The molecule has 0 spiro atoms. The first-order chi connectivity index (χ1) is 8.24. The van der Waals surface area contributed by atoms with Crippen molar-refractivity contribution in [1.82, 2.24) is 4.90 Å². The summed E-state index contributed by atoms with van der Waals surface area (Å²) in [4.78, 5) is 24.4. The molecule has 1 saturated heterocycles. The monoisotopic (exact) mass is 259 g/mol. The van der Waals surface area contributed by atoms with Gasteiger partial charge in [-0.1, -0.05) is 0 Å². The summed E-state index contributed by atoms with van der Waals surface area (Å²) in [5.41, 5.74) is -0.422. The molecule has 0 saturated carbocycles. The van der Waals surface area contributed by atoms with Crippen molar-refractivity contribution in [2.75, 3.05) is 20.3 Å². The van der Waals surface area contributed by atoms with Crippen molar-refractivity contribution in [3.63, 3.8) is 0 Å². The lowest BCUT2D eigenvalue weighted by Gasteiger charge is -2.24. The zero-order chi connectivity index (χ0) is 13.9. The van der Waals surface area contributed by atoms with Crippen LogP contribution < -0.4 is 0 Å². The molecular weight excluding hydrogens is 238 g/mol. The third-order valence-electron chi connectivity index (χ3n) is 2.83. The van der Waals surface area contributed by atoms with Crippen LogP contribution in [0.15, 0.2) is 0 Å². The first-order valence-corrected chi connectivity index (χ1v) is 5.93. The minimum absolute atomic E-state index is 0.107. The van der Waals surface area contributed by atoms with Crippen LogP contribution in [0.3, 0.4) is 0 Å². The van der Waals surface area contributed by atoms with Gasteiger partial charge in [0.25, 0.3) is 0 Å². The molecule has 1 heterocycles. The Morgan fingerprint density at radius 3 is 2.44 bits per heavy atom. The van der Waals surface area contributed by atoms with E-state index < -0.39 is 17.6 Å². The number of hydrogen-bond donors (Lipinski definition) is 1. The number of carbonyl (C=O) groups excluding carboxylic acids is 1. The van der Waals surface area contributed by atoms with Crippen LogP contribution in [0.4, 0.5) is 0 Å². The maximum atomic E-state index is 12.0. The van der Waals surface area contributed by atoms with Gasteiger partial charge in [-0.05, 0) is 20.8 Å². The first kappa shape index (κ1) is 14.9. The van der Waals surface area contributed by atoms with Crippen molar-refractivity contribution in [3.8, 4) is 0 Å². The van der Waals surface area contributed by atoms with Gasteiger partial charge in [0, 0.05) is 20.1 Å². The van der Waals surface area contributed by atoms with Crippen LogP contribution in [-0.2, 0) is 19.1 Å². The van der Waals surface area contributed by atoms with Crippen LogP contribution in [0, 0.1) is 0 Å². The number of carbonyl (C=O) groups is 2. The standard InChI is InChI=1S/C12H21NO5/c1-12(2,3)18-7-10(14)13-6-8(17-4)5-9(13)11(15)16/h8-9H,5-7H2,1-4H3,(H,15,16). The molecule has 1 N–H and O–H groups in total. The molecule has 0 aliphatic carbocycles. The van der Waals surface area contributed by atoms with Gasteiger partial charge >= 0.3 is 5.97 Å². The molecule has 18 heavy (non-hydrogen) atoms. The number of carboxylic acids is 1. The number of nitrogens with zero attached hydrogens (tertiary/aromatic N) is 1. The largest absolute Gasteiger partial charge is 0.480 e. The number of likely N-dealkylation sites (tertiary alicyclic amines) is 1. The molecule has 2 unspecified atom stereocenters. The first-order valence-electron chi connectivity index (χ1n) is 5.93. The summed E-state index contributed by atoms with van der Waals surface area (Å²) in [6.45, 7) is 5.73. The summed E-state index contributed by atoms with van der Waals surface area (Å²) < 4.78 is 10.5. The van der Waals surface area contributed by atoms with Crippen molar-refractivity contribution in [1.29, 1.82) is 0 Å². The SMILES string of the molecule is COC1CC(C(=O)O)N(C(=O)COC(C)(C)C)C1. The van der Waals surface area contributed by atoms with E-state index in [1.54, 1.807) is 0 Å². The van der Waals surface area contributed by atoms with Gasteiger partial charge in [-0.2, -0.15) is 0 Å². The summed E-state index contributed by atoms with van der Waals surface area (Å²) in [5.74, 6) is -1.31. The molecule has 0 bridgehead atoms. The summed E-state index contributed by atoms with van der Waals surface area (Å²) >= 11 is 0. The van der Waals surface area contributed by atoms with Crippen molar-refractivity contribution in [2.24, 2.45) is 0 Å². The number of amides is 1. The highest BCUT2D eigenvalue weighted by Gasteiger charge is 2.39. The fraction of sp³-hybridized carbons (Fsp3) is 0.833. The minimum atomic E-state index is -1.00. The van der Waals surface area contributed by atoms with Crippen LogP contribution in [0.1, 0.15) is 27.2 Å². The summed E-state index contributed by atoms with van der Waals surface area (Å²) in [7, 11) is 1.52. The Balaban J connectivity index is 2.62. The van der Waals surface area contributed by atoms with E-state index in [0.717, 1.165) is 0 Å². The second kappa shape index (κ2) is 5.67. The Morgan fingerprint density at radius 1 is 1.39 bits per heavy atom. The molecule has 1 aliphatic rings. The number of rotatable bonds is 4. The topological polar surface area (TPSA) is 76.1 Å². The maximum Gasteiger partial charge on any atom is 0.326 e. The fourth-order valence-corrected chi connectivity index (χ4v) is 1.84. The summed E-state index contributed by atoms with van der Waals surface area (Å²) in [6, 6.07) is -0.814. The minimum Gasteiger partial charge on any atom is -0.480 e. The van der Waals surface area contributed by atoms with Gasteiger partial charge in [-0.3, -0.25) is 4.79 Å². The van der Waals surface area contributed by atoms with Gasteiger partial charge < -0.3 is 19.5 Å². The maximum absolute atomic E-state index is 12.0. The van der Waals surface area contributed by atoms with E-state index in [-0.39, 0.29) is 18.6 Å². The van der Waals surface area contributed by atoms with E-state index in [9.17, 15) is 9.59 Å². The van der Waals surface area contributed by atoms with Crippen molar-refractivity contribution >= 4 is 11.9 Å². The van der Waals surface area contributed by atoms with E-state index in [4.69, 9.17) is 14.6 Å². The molecule has 1 rings (SSSR count). The Kier molecular flexibility index (Phi) is 4.70. The lowest BCUT2D eigenvalue weighted by Crippen LogP contribution is -2.43. The zero-order valence-electron chi connectivity index (χ0n) is 11.3.